The number of pyridine rings is 1. The van der Waals surface area contributed by atoms with Crippen LogP contribution < -0.4 is 5.73 Å². The SMILES string of the molecule is Nc1cnc(-c2c(Cl)ccc(Cl)c2Cl)c(CC(=O)O)c1. The summed E-state index contributed by atoms with van der Waals surface area (Å²) in [5.74, 6) is -1.01. The number of rotatable bonds is 3. The summed E-state index contributed by atoms with van der Waals surface area (Å²) in [6.07, 6.45) is 1.17. The van der Waals surface area contributed by atoms with E-state index < -0.39 is 5.97 Å². The van der Waals surface area contributed by atoms with Gasteiger partial charge in [-0.1, -0.05) is 34.8 Å². The fraction of sp³-hybridized carbons (Fsp3) is 0.0769. The number of carboxylic acids is 1. The van der Waals surface area contributed by atoms with Crippen molar-refractivity contribution in [1.29, 1.82) is 0 Å². The minimum Gasteiger partial charge on any atom is -0.481 e. The van der Waals surface area contributed by atoms with Crippen molar-refractivity contribution in [2.24, 2.45) is 0 Å². The van der Waals surface area contributed by atoms with E-state index >= 15 is 0 Å². The summed E-state index contributed by atoms with van der Waals surface area (Å²) in [4.78, 5) is 15.1. The van der Waals surface area contributed by atoms with Gasteiger partial charge in [-0.3, -0.25) is 9.78 Å². The maximum atomic E-state index is 10.9. The van der Waals surface area contributed by atoms with Crippen LogP contribution in [0.15, 0.2) is 24.4 Å². The molecule has 0 saturated carbocycles. The van der Waals surface area contributed by atoms with E-state index in [1.807, 2.05) is 0 Å². The molecule has 104 valence electrons. The molecule has 0 unspecified atom stereocenters. The zero-order valence-electron chi connectivity index (χ0n) is 10.0. The van der Waals surface area contributed by atoms with Crippen LogP contribution in [0.5, 0.6) is 0 Å². The first-order chi connectivity index (χ1) is 9.40. The number of benzene rings is 1. The number of halogens is 3. The number of nitrogen functional groups attached to an aromatic ring is 1. The van der Waals surface area contributed by atoms with Gasteiger partial charge < -0.3 is 10.8 Å². The Balaban J connectivity index is 2.69. The third-order valence-electron chi connectivity index (χ3n) is 2.61. The van der Waals surface area contributed by atoms with Crippen LogP contribution in [0.25, 0.3) is 11.3 Å². The summed E-state index contributed by atoms with van der Waals surface area (Å²) in [7, 11) is 0. The zero-order valence-corrected chi connectivity index (χ0v) is 12.3. The quantitative estimate of drug-likeness (QED) is 0.836. The van der Waals surface area contributed by atoms with Crippen molar-refractivity contribution in [3.05, 3.63) is 45.0 Å². The number of aromatic nitrogens is 1. The number of carbonyl (C=O) groups is 1. The number of nitrogens with two attached hydrogens (primary N) is 1. The minimum absolute atomic E-state index is 0.225. The smallest absolute Gasteiger partial charge is 0.307 e. The summed E-state index contributed by atoms with van der Waals surface area (Å²) in [5, 5.41) is 9.83. The van der Waals surface area contributed by atoms with Gasteiger partial charge in [-0.05, 0) is 23.8 Å². The normalized spacial score (nSPS) is 10.6. The van der Waals surface area contributed by atoms with Crippen LogP contribution in [-0.4, -0.2) is 16.1 Å². The first-order valence-electron chi connectivity index (χ1n) is 5.50. The number of aliphatic carboxylic acids is 1. The van der Waals surface area contributed by atoms with E-state index in [2.05, 4.69) is 4.98 Å². The van der Waals surface area contributed by atoms with Crippen LogP contribution in [0.2, 0.25) is 15.1 Å². The highest BCUT2D eigenvalue weighted by Crippen LogP contribution is 2.39. The first kappa shape index (κ1) is 14.9. The van der Waals surface area contributed by atoms with E-state index in [0.717, 1.165) is 0 Å². The van der Waals surface area contributed by atoms with Gasteiger partial charge in [-0.15, -0.1) is 0 Å². The lowest BCUT2D eigenvalue weighted by Gasteiger charge is -2.12. The van der Waals surface area contributed by atoms with Crippen LogP contribution in [0, 0.1) is 0 Å². The Kier molecular flexibility index (Phi) is 4.38. The third kappa shape index (κ3) is 2.98. The molecule has 0 aliphatic heterocycles. The molecule has 2 aromatic rings. The van der Waals surface area contributed by atoms with Gasteiger partial charge in [-0.2, -0.15) is 0 Å². The van der Waals surface area contributed by atoms with Crippen molar-refractivity contribution in [1.82, 2.24) is 4.98 Å². The minimum atomic E-state index is -1.01. The van der Waals surface area contributed by atoms with E-state index in [4.69, 9.17) is 45.6 Å². The summed E-state index contributed by atoms with van der Waals surface area (Å²) >= 11 is 18.2. The monoisotopic (exact) mass is 330 g/mol. The van der Waals surface area contributed by atoms with Crippen LogP contribution in [0.4, 0.5) is 5.69 Å². The molecule has 0 atom stereocenters. The van der Waals surface area contributed by atoms with Crippen molar-refractivity contribution >= 4 is 46.5 Å². The largest absolute Gasteiger partial charge is 0.481 e. The van der Waals surface area contributed by atoms with E-state index in [9.17, 15) is 4.79 Å². The van der Waals surface area contributed by atoms with E-state index in [1.165, 1.54) is 12.3 Å². The van der Waals surface area contributed by atoms with Gasteiger partial charge in [0.15, 0.2) is 0 Å². The lowest BCUT2D eigenvalue weighted by molar-refractivity contribution is -0.136. The molecule has 0 fully saturated rings. The Morgan fingerprint density at radius 1 is 1.25 bits per heavy atom. The van der Waals surface area contributed by atoms with Gasteiger partial charge in [0.25, 0.3) is 0 Å². The number of carboxylic acid groups (broad SMARTS) is 1. The van der Waals surface area contributed by atoms with Crippen LogP contribution in [0.1, 0.15) is 5.56 Å². The van der Waals surface area contributed by atoms with Crippen molar-refractivity contribution in [2.45, 2.75) is 6.42 Å². The molecule has 1 aromatic heterocycles. The maximum absolute atomic E-state index is 10.9. The summed E-state index contributed by atoms with van der Waals surface area (Å²) < 4.78 is 0. The highest BCUT2D eigenvalue weighted by atomic mass is 35.5. The molecule has 0 bridgehead atoms. The predicted octanol–water partition coefficient (Wildman–Crippen LogP) is 3.92. The number of hydrogen-bond donors (Lipinski definition) is 2. The Labute approximate surface area is 130 Å². The van der Waals surface area contributed by atoms with Gasteiger partial charge in [0.2, 0.25) is 0 Å². The zero-order chi connectivity index (χ0) is 14.9. The molecule has 0 aliphatic rings. The fourth-order valence-electron chi connectivity index (χ4n) is 1.80. The standard InChI is InChI=1S/C13H9Cl3N2O2/c14-8-1-2-9(15)12(16)11(8)13-6(4-10(19)20)3-7(17)5-18-13/h1-3,5H,4,17H2,(H,19,20). The fourth-order valence-corrected chi connectivity index (χ4v) is 2.50. The van der Waals surface area contributed by atoms with Crippen LogP contribution >= 0.6 is 34.8 Å². The molecule has 3 N–H and O–H groups in total. The highest BCUT2D eigenvalue weighted by Gasteiger charge is 2.18. The molecule has 7 heteroatoms. The molecule has 0 amide bonds. The van der Waals surface area contributed by atoms with Gasteiger partial charge in [-0.25, -0.2) is 0 Å². The summed E-state index contributed by atoms with van der Waals surface area (Å²) in [6, 6.07) is 4.67. The molecule has 0 aliphatic carbocycles. The number of anilines is 1. The Morgan fingerprint density at radius 2 is 1.90 bits per heavy atom. The number of nitrogens with zero attached hydrogens (tertiary/aromatic N) is 1. The van der Waals surface area contributed by atoms with Crippen molar-refractivity contribution in [2.75, 3.05) is 5.73 Å². The van der Waals surface area contributed by atoms with Gasteiger partial charge in [0, 0.05) is 5.56 Å². The van der Waals surface area contributed by atoms with Crippen molar-refractivity contribution in [3.8, 4) is 11.3 Å². The summed E-state index contributed by atoms with van der Waals surface area (Å²) in [6.45, 7) is 0. The Hall–Kier alpha value is -1.49. The molecular formula is C13H9Cl3N2O2. The molecule has 0 saturated heterocycles. The topological polar surface area (TPSA) is 76.2 Å². The van der Waals surface area contributed by atoms with Crippen molar-refractivity contribution < 1.29 is 9.90 Å². The van der Waals surface area contributed by atoms with Crippen LogP contribution in [0.3, 0.4) is 0 Å². The van der Waals surface area contributed by atoms with E-state index in [1.54, 1.807) is 12.1 Å². The second-order valence-corrected chi connectivity index (χ2v) is 5.26. The number of hydrogen-bond acceptors (Lipinski definition) is 3. The first-order valence-corrected chi connectivity index (χ1v) is 6.63. The Bertz CT molecular complexity index is 690. The highest BCUT2D eigenvalue weighted by molar-refractivity contribution is 6.46. The van der Waals surface area contributed by atoms with Crippen LogP contribution in [-0.2, 0) is 11.2 Å². The second kappa shape index (κ2) is 5.87. The summed E-state index contributed by atoms with van der Waals surface area (Å²) in [5.41, 5.74) is 7.18. The molecule has 0 radical (unpaired) electrons. The van der Waals surface area contributed by atoms with E-state index in [0.29, 0.717) is 32.6 Å². The molecule has 20 heavy (non-hydrogen) atoms. The molecule has 4 nitrogen and oxygen atoms in total. The average Bonchev–Trinajstić information content (AvgIpc) is 2.36. The predicted molar refractivity (Wildman–Crippen MR) is 80.5 cm³/mol. The molecule has 1 heterocycles. The molecular weight excluding hydrogens is 323 g/mol. The molecule has 2 rings (SSSR count). The molecule has 1 aromatic carbocycles. The maximum Gasteiger partial charge on any atom is 0.307 e. The Morgan fingerprint density at radius 3 is 2.55 bits per heavy atom. The van der Waals surface area contributed by atoms with E-state index in [-0.39, 0.29) is 11.4 Å². The molecule has 0 spiro atoms. The van der Waals surface area contributed by atoms with Gasteiger partial charge in [0.1, 0.15) is 0 Å². The average molecular weight is 332 g/mol. The van der Waals surface area contributed by atoms with Gasteiger partial charge >= 0.3 is 5.97 Å². The van der Waals surface area contributed by atoms with Crippen molar-refractivity contribution in [3.63, 3.8) is 0 Å². The third-order valence-corrected chi connectivity index (χ3v) is 3.73. The lowest BCUT2D eigenvalue weighted by atomic mass is 10.0. The second-order valence-electron chi connectivity index (χ2n) is 4.07. The van der Waals surface area contributed by atoms with Gasteiger partial charge in [0.05, 0.1) is 39.1 Å². The lowest BCUT2D eigenvalue weighted by Crippen LogP contribution is -2.05.